The van der Waals surface area contributed by atoms with E-state index < -0.39 is 0 Å². The Balaban J connectivity index is 1.22. The number of nitrogens with zero attached hydrogens (tertiary/aromatic N) is 8. The van der Waals surface area contributed by atoms with E-state index in [1.807, 2.05) is 48.6 Å². The highest BCUT2D eigenvalue weighted by Crippen LogP contribution is 2.43. The quantitative estimate of drug-likeness (QED) is 0.130. The molecule has 16 bridgehead atoms. The summed E-state index contributed by atoms with van der Waals surface area (Å²) in [6.45, 7) is 53.9. The summed E-state index contributed by atoms with van der Waals surface area (Å²) in [5, 5.41) is 46.1. The third kappa shape index (κ3) is 15.6. The Hall–Kier alpha value is -12.5. The highest BCUT2D eigenvalue weighted by Gasteiger charge is 2.30. The van der Waals surface area contributed by atoms with Crippen molar-refractivity contribution in [2.24, 2.45) is 0 Å². The van der Waals surface area contributed by atoms with Crippen LogP contribution in [0.25, 0.3) is 161 Å². The number of benzene rings is 4. The molecule has 14 rings (SSSR count). The molecule has 0 unspecified atom stereocenters. The van der Waals surface area contributed by atoms with Gasteiger partial charge in [0.25, 0.3) is 0 Å². The number of nitrogens with one attached hydrogen (secondary N) is 4. The Morgan fingerprint density at radius 2 is 0.422 bits per heavy atom. The van der Waals surface area contributed by atoms with E-state index in [1.54, 1.807) is 0 Å². The molecular formula is C104H106N12. The Bertz CT molecular complexity index is 6090. The van der Waals surface area contributed by atoms with Gasteiger partial charge in [-0.3, -0.25) is 0 Å². The van der Waals surface area contributed by atoms with Gasteiger partial charge in [-0.2, -0.15) is 21.0 Å². The molecule has 0 aliphatic carbocycles. The molecule has 4 aromatic carbocycles. The average molecular weight is 1520 g/mol. The zero-order chi connectivity index (χ0) is 83.6. The predicted molar refractivity (Wildman–Crippen MR) is 486 cm³/mol. The van der Waals surface area contributed by atoms with Gasteiger partial charge in [0, 0.05) is 65.8 Å². The van der Waals surface area contributed by atoms with E-state index in [-0.39, 0.29) is 54.5 Å². The van der Waals surface area contributed by atoms with Gasteiger partial charge in [0.2, 0.25) is 0 Å². The third-order valence-electron chi connectivity index (χ3n) is 22.8. The van der Waals surface area contributed by atoms with Crippen LogP contribution in [-0.4, -0.2) is 39.9 Å². The summed E-state index contributed by atoms with van der Waals surface area (Å²) in [5.74, 6) is 0. The average Bonchev–Trinajstić information content (AvgIpc) is 1.60. The lowest BCUT2D eigenvalue weighted by Crippen LogP contribution is -2.16. The fourth-order valence-electron chi connectivity index (χ4n) is 15.5. The number of hydrogen-bond donors (Lipinski definition) is 4. The van der Waals surface area contributed by atoms with Crippen molar-refractivity contribution >= 4 is 116 Å². The highest BCUT2D eigenvalue weighted by molar-refractivity contribution is 5.99. The maximum atomic E-state index is 10.9. The van der Waals surface area contributed by atoms with E-state index in [0.717, 1.165) is 133 Å². The number of aromatic nitrogens is 8. The second-order valence-corrected chi connectivity index (χ2v) is 39.8. The second-order valence-electron chi connectivity index (χ2n) is 39.8. The highest BCUT2D eigenvalue weighted by atomic mass is 14.8. The van der Waals surface area contributed by atoms with Gasteiger partial charge in [0.15, 0.2) is 0 Å². The van der Waals surface area contributed by atoms with Crippen LogP contribution in [0.15, 0.2) is 121 Å². The fraction of sp³-hybridized carbons (Fsp3) is 0.308. The number of fused-ring (bicyclic) bond motifs is 16. The lowest BCUT2D eigenvalue weighted by molar-refractivity contribution is 0.568. The minimum Gasteiger partial charge on any atom is -0.354 e. The lowest BCUT2D eigenvalue weighted by atomic mass is 9.78. The van der Waals surface area contributed by atoms with Gasteiger partial charge in [-0.1, -0.05) is 239 Å². The summed E-state index contributed by atoms with van der Waals surface area (Å²) in [4.78, 5) is 38.3. The lowest BCUT2D eigenvalue weighted by Gasteiger charge is -2.26. The maximum Gasteiger partial charge on any atom is 0.141 e. The van der Waals surface area contributed by atoms with E-state index in [4.69, 9.17) is 19.9 Å². The molecule has 4 aliphatic rings. The van der Waals surface area contributed by atoms with E-state index in [0.29, 0.717) is 67.0 Å². The van der Waals surface area contributed by atoms with Crippen molar-refractivity contribution in [1.29, 1.82) is 21.0 Å². The molecule has 4 N–H and O–H groups in total. The number of aromatic amines is 4. The monoisotopic (exact) mass is 1520 g/mol. The van der Waals surface area contributed by atoms with E-state index >= 15 is 0 Å². The fourth-order valence-corrected chi connectivity index (χ4v) is 15.5. The molecule has 4 aliphatic heterocycles. The largest absolute Gasteiger partial charge is 0.354 e. The first-order chi connectivity index (χ1) is 54.3. The van der Waals surface area contributed by atoms with Crippen LogP contribution in [0.3, 0.4) is 0 Å². The van der Waals surface area contributed by atoms with E-state index in [1.165, 1.54) is 0 Å². The van der Waals surface area contributed by atoms with Gasteiger partial charge in [-0.15, -0.1) is 0 Å². The van der Waals surface area contributed by atoms with Gasteiger partial charge >= 0.3 is 0 Å². The zero-order valence-corrected chi connectivity index (χ0v) is 71.9. The van der Waals surface area contributed by atoms with Crippen molar-refractivity contribution < 1.29 is 0 Å². The molecule has 582 valence electrons. The van der Waals surface area contributed by atoms with Gasteiger partial charge in [-0.05, 0) is 219 Å². The third-order valence-corrected chi connectivity index (χ3v) is 22.8. The minimum absolute atomic E-state index is 0.0708. The van der Waals surface area contributed by atoms with E-state index in [2.05, 4.69) is 344 Å². The Labute approximate surface area is 683 Å². The number of hydrogen-bond acceptors (Lipinski definition) is 8. The molecule has 0 radical (unpaired) electrons. The normalized spacial score (nSPS) is 13.6. The molecule has 6 aromatic heterocycles. The number of nitriles is 4. The van der Waals surface area contributed by atoms with Crippen LogP contribution in [0.2, 0.25) is 0 Å². The molecule has 12 heteroatoms. The van der Waals surface area contributed by atoms with Crippen molar-refractivity contribution in [3.05, 3.63) is 232 Å². The van der Waals surface area contributed by atoms with Gasteiger partial charge < -0.3 is 19.9 Å². The molecule has 116 heavy (non-hydrogen) atoms. The first-order valence-corrected chi connectivity index (χ1v) is 40.3. The van der Waals surface area contributed by atoms with Crippen molar-refractivity contribution in [3.8, 4) is 68.8 Å². The second kappa shape index (κ2) is 28.8. The van der Waals surface area contributed by atoms with Crippen LogP contribution in [0, 0.1) is 45.3 Å². The Morgan fingerprint density at radius 3 is 0.638 bits per heavy atom. The van der Waals surface area contributed by atoms with Crippen molar-refractivity contribution in [3.63, 3.8) is 0 Å². The molecule has 0 spiro atoms. The molecule has 0 saturated carbocycles. The van der Waals surface area contributed by atoms with Crippen LogP contribution >= 0.6 is 0 Å². The van der Waals surface area contributed by atoms with Gasteiger partial charge in [0.1, 0.15) is 35.4 Å². The first-order valence-electron chi connectivity index (χ1n) is 40.3. The molecular weight excluding hydrogens is 1420 g/mol. The summed E-state index contributed by atoms with van der Waals surface area (Å²) in [7, 11) is 0. The van der Waals surface area contributed by atoms with Crippen LogP contribution in [0.1, 0.15) is 256 Å². The SMILES string of the molecule is CC(C)(C)c1cc(-c2c3nc(/c(=C/C=c4\c5nc(c(-c6cc(C(C)(C)C)cc(C(C)(C)C)c6)c6ccc([nH]6)c(=C(C#N)C#N)c6nc(c(-c7cc(C(C)(C)C)cc(C(C)(C)C)c7)c7ccc4[nH]7)C=C6)C=C5)c4ccc([nH]4)c(-c4cc(C(C)(C)C)cc(C(C)(C)C)c4)c4nc(c(=C(C#N)C#N)c5ccc2[nH]5)C=C4)C=C3)cc(C(C)(C)C)c1. The van der Waals surface area contributed by atoms with Crippen molar-refractivity contribution in [2.45, 2.75) is 209 Å². The molecule has 10 heterocycles. The van der Waals surface area contributed by atoms with Crippen LogP contribution < -0.4 is 20.9 Å². The van der Waals surface area contributed by atoms with Gasteiger partial charge in [0.05, 0.1) is 67.0 Å². The predicted octanol–water partition coefficient (Wildman–Crippen LogP) is 23.3. The first kappa shape index (κ1) is 80.1. The van der Waals surface area contributed by atoms with Crippen molar-refractivity contribution in [2.75, 3.05) is 0 Å². The standard InChI is InChI=1S/C104H106N12/c1-97(2,3)65-43-59(44-66(51-65)98(4,5)6)91-79-31-27-75(109-79)73(76-28-32-80(110-76)92(60-45-67(99(7,8)9)52-68(46-60)100(10,11)12)84-36-40-88(114-84)95(63(55-105)56-106)87-39-35-83(91)113-87)25-26-74-77-29-33-81(111-77)93(61-47-69(101(13,14)15)53-70(48-61)102(16,17)18)85-37-41-89(115-85)96(64(57-107)58-108)90-42-38-86(116-90)94(82-34-30-78(74)112-82)62-49-71(103(19,20)21)54-72(50-62)104(22,23)24/h25-54,109,111,114,116H,1-24H3/b73-25-,74-26+,91-83?,92-80?,93-85?,94-82?. The van der Waals surface area contributed by atoms with Crippen molar-refractivity contribution in [1.82, 2.24) is 39.9 Å². The number of rotatable bonds is 5. The molecule has 0 atom stereocenters. The summed E-state index contributed by atoms with van der Waals surface area (Å²) in [6, 6.07) is 53.1. The Morgan fingerprint density at radius 1 is 0.241 bits per heavy atom. The molecule has 10 aromatic rings. The smallest absolute Gasteiger partial charge is 0.141 e. The summed E-state index contributed by atoms with van der Waals surface area (Å²) in [6.07, 6.45) is 20.7. The molecule has 12 nitrogen and oxygen atoms in total. The molecule has 0 amide bonds. The van der Waals surface area contributed by atoms with Crippen LogP contribution in [0.4, 0.5) is 0 Å². The summed E-state index contributed by atoms with van der Waals surface area (Å²) >= 11 is 0. The Kier molecular flexibility index (Phi) is 19.9. The van der Waals surface area contributed by atoms with Gasteiger partial charge in [-0.25, -0.2) is 19.9 Å². The topological polar surface area (TPSA) is 210 Å². The van der Waals surface area contributed by atoms with Crippen LogP contribution in [-0.2, 0) is 43.3 Å². The molecule has 0 saturated heterocycles. The van der Waals surface area contributed by atoms with E-state index in [9.17, 15) is 21.0 Å². The summed E-state index contributed by atoms with van der Waals surface area (Å²) < 4.78 is 0. The maximum absolute atomic E-state index is 10.9. The minimum atomic E-state index is -0.237. The zero-order valence-electron chi connectivity index (χ0n) is 71.9. The molecule has 0 fully saturated rings. The number of H-pyrrole nitrogens is 4. The summed E-state index contributed by atoms with van der Waals surface area (Å²) in [5.41, 5.74) is 25.2. The van der Waals surface area contributed by atoms with Crippen LogP contribution in [0.5, 0.6) is 0 Å².